The van der Waals surface area contributed by atoms with Crippen molar-refractivity contribution >= 4 is 40.9 Å². The normalized spacial score (nSPS) is 17.8. The minimum absolute atomic E-state index is 0.114. The summed E-state index contributed by atoms with van der Waals surface area (Å²) in [5, 5.41) is 3.68. The highest BCUT2D eigenvalue weighted by molar-refractivity contribution is 5.94. The lowest BCUT2D eigenvalue weighted by Gasteiger charge is -2.33. The SMILES string of the molecule is CNc1ncnc2c1ccn2C(=O)N(C)CCN(C)C(=O)OCc1ccccc1O[C@H]1C[C@@H](OC(C)=O)C[C@@H](C(=O)OC)O1. The van der Waals surface area contributed by atoms with Gasteiger partial charge in [0.1, 0.15) is 30.6 Å². The van der Waals surface area contributed by atoms with Crippen molar-refractivity contribution in [3.05, 3.63) is 48.4 Å². The molecular weight excluding hydrogens is 576 g/mol. The summed E-state index contributed by atoms with van der Waals surface area (Å²) in [6.07, 6.45) is 0.250. The summed E-state index contributed by atoms with van der Waals surface area (Å²) in [7, 11) is 6.18. The van der Waals surface area contributed by atoms with Gasteiger partial charge in [-0.15, -0.1) is 0 Å². The summed E-state index contributed by atoms with van der Waals surface area (Å²) in [6, 6.07) is 8.34. The van der Waals surface area contributed by atoms with Crippen molar-refractivity contribution in [1.82, 2.24) is 24.3 Å². The molecule has 3 heterocycles. The molecule has 3 aromatic rings. The third-order valence-electron chi connectivity index (χ3n) is 6.96. The molecule has 1 aliphatic heterocycles. The van der Waals surface area contributed by atoms with E-state index in [1.807, 2.05) is 0 Å². The van der Waals surface area contributed by atoms with Gasteiger partial charge in [-0.1, -0.05) is 18.2 Å². The van der Waals surface area contributed by atoms with Gasteiger partial charge in [0.2, 0.25) is 6.29 Å². The fourth-order valence-corrected chi connectivity index (χ4v) is 4.64. The Hall–Kier alpha value is -4.92. The summed E-state index contributed by atoms with van der Waals surface area (Å²) in [5.74, 6) is -0.107. The highest BCUT2D eigenvalue weighted by Crippen LogP contribution is 2.28. The Morgan fingerprint density at radius 1 is 1.07 bits per heavy atom. The lowest BCUT2D eigenvalue weighted by atomic mass is 10.0. The van der Waals surface area contributed by atoms with Crippen molar-refractivity contribution < 1.29 is 42.9 Å². The fourth-order valence-electron chi connectivity index (χ4n) is 4.64. The van der Waals surface area contributed by atoms with Gasteiger partial charge in [0.15, 0.2) is 11.8 Å². The van der Waals surface area contributed by atoms with Crippen molar-refractivity contribution in [2.24, 2.45) is 0 Å². The third kappa shape index (κ3) is 7.72. The van der Waals surface area contributed by atoms with Gasteiger partial charge in [-0.2, -0.15) is 0 Å². The van der Waals surface area contributed by atoms with Gasteiger partial charge < -0.3 is 38.8 Å². The predicted molar refractivity (Wildman–Crippen MR) is 156 cm³/mol. The number of ether oxygens (including phenoxy) is 5. The zero-order chi connectivity index (χ0) is 31.8. The molecule has 1 saturated heterocycles. The number of para-hydroxylation sites is 1. The van der Waals surface area contributed by atoms with E-state index in [9.17, 15) is 19.2 Å². The van der Waals surface area contributed by atoms with Gasteiger partial charge >= 0.3 is 24.1 Å². The van der Waals surface area contributed by atoms with Crippen molar-refractivity contribution in [2.45, 2.75) is 44.9 Å². The smallest absolute Gasteiger partial charge is 0.409 e. The quantitative estimate of drug-likeness (QED) is 0.263. The molecule has 1 N–H and O–H groups in total. The summed E-state index contributed by atoms with van der Waals surface area (Å²) in [4.78, 5) is 60.7. The fraction of sp³-hybridized carbons (Fsp3) is 0.448. The monoisotopic (exact) mass is 612 g/mol. The van der Waals surface area contributed by atoms with Crippen molar-refractivity contribution in [3.8, 4) is 5.75 Å². The Morgan fingerprint density at radius 3 is 2.55 bits per heavy atom. The second-order valence-corrected chi connectivity index (χ2v) is 10.1. The number of amides is 2. The molecule has 2 aromatic heterocycles. The molecule has 236 valence electrons. The molecule has 0 unspecified atom stereocenters. The highest BCUT2D eigenvalue weighted by Gasteiger charge is 2.37. The standard InChI is InChI=1S/C29H36N6O9/c1-18(36)42-20-14-23(27(37)40-5)44-24(15-20)43-22-9-7-6-8-19(22)16-41-29(39)34(4)13-12-33(3)28(38)35-11-10-21-25(30-2)31-17-32-26(21)35/h6-11,17,20,23-24H,12-16H2,1-5H3,(H,30,31,32)/t20-,23-,24+/m0/s1. The number of esters is 2. The van der Waals surface area contributed by atoms with E-state index in [0.29, 0.717) is 28.2 Å². The maximum Gasteiger partial charge on any atom is 0.409 e. The number of carbonyl (C=O) groups excluding carboxylic acids is 4. The first-order valence-corrected chi connectivity index (χ1v) is 13.9. The number of likely N-dealkylation sites (N-methyl/N-ethyl adjacent to an activating group) is 2. The molecule has 15 nitrogen and oxygen atoms in total. The summed E-state index contributed by atoms with van der Waals surface area (Å²) in [6.45, 7) is 1.61. The Bertz CT molecular complexity index is 1490. The zero-order valence-corrected chi connectivity index (χ0v) is 25.2. The lowest BCUT2D eigenvalue weighted by molar-refractivity contribution is -0.204. The Morgan fingerprint density at radius 2 is 1.82 bits per heavy atom. The number of fused-ring (bicyclic) bond motifs is 1. The summed E-state index contributed by atoms with van der Waals surface area (Å²) >= 11 is 0. The average Bonchev–Trinajstić information content (AvgIpc) is 3.46. The van der Waals surface area contributed by atoms with E-state index in [1.54, 1.807) is 57.7 Å². The minimum atomic E-state index is -0.970. The number of benzene rings is 1. The van der Waals surface area contributed by atoms with Crippen LogP contribution in [0.2, 0.25) is 0 Å². The third-order valence-corrected chi connectivity index (χ3v) is 6.96. The zero-order valence-electron chi connectivity index (χ0n) is 25.2. The van der Waals surface area contributed by atoms with Crippen LogP contribution >= 0.6 is 0 Å². The van der Waals surface area contributed by atoms with Crippen LogP contribution in [0.5, 0.6) is 5.75 Å². The topological polar surface area (TPSA) is 164 Å². The van der Waals surface area contributed by atoms with Gasteiger partial charge in [-0.25, -0.2) is 24.4 Å². The Kier molecular flexibility index (Phi) is 10.6. The molecular formula is C29H36N6O9. The number of rotatable bonds is 10. The van der Waals surface area contributed by atoms with E-state index in [2.05, 4.69) is 15.3 Å². The van der Waals surface area contributed by atoms with Gasteiger partial charge in [-0.05, 0) is 12.1 Å². The van der Waals surface area contributed by atoms with Gasteiger partial charge in [-0.3, -0.25) is 9.36 Å². The second kappa shape index (κ2) is 14.5. The predicted octanol–water partition coefficient (Wildman–Crippen LogP) is 2.63. The molecule has 44 heavy (non-hydrogen) atoms. The molecule has 2 amide bonds. The molecule has 4 rings (SSSR count). The number of anilines is 1. The number of hydrogen-bond donors (Lipinski definition) is 1. The van der Waals surface area contributed by atoms with Crippen molar-refractivity contribution in [1.29, 1.82) is 0 Å². The molecule has 1 aliphatic rings. The van der Waals surface area contributed by atoms with Crippen LogP contribution in [0.1, 0.15) is 25.3 Å². The van der Waals surface area contributed by atoms with E-state index >= 15 is 0 Å². The number of methoxy groups -OCH3 is 1. The molecule has 3 atom stereocenters. The van der Waals surface area contributed by atoms with E-state index in [4.69, 9.17) is 23.7 Å². The molecule has 1 fully saturated rings. The van der Waals surface area contributed by atoms with Crippen LogP contribution in [0.4, 0.5) is 15.4 Å². The number of nitrogens with one attached hydrogen (secondary N) is 1. The molecule has 0 bridgehead atoms. The van der Waals surface area contributed by atoms with Gasteiger partial charge in [0, 0.05) is 65.8 Å². The molecule has 1 aromatic carbocycles. The molecule has 0 saturated carbocycles. The summed E-state index contributed by atoms with van der Waals surface area (Å²) in [5.41, 5.74) is 1.02. The van der Waals surface area contributed by atoms with Crippen LogP contribution in [0.25, 0.3) is 11.0 Å². The van der Waals surface area contributed by atoms with Gasteiger partial charge in [0.25, 0.3) is 0 Å². The molecule has 0 aliphatic carbocycles. The van der Waals surface area contributed by atoms with Crippen LogP contribution < -0.4 is 10.1 Å². The number of carbonyl (C=O) groups is 4. The average molecular weight is 613 g/mol. The highest BCUT2D eigenvalue weighted by atomic mass is 16.7. The second-order valence-electron chi connectivity index (χ2n) is 10.1. The first-order valence-electron chi connectivity index (χ1n) is 13.9. The Labute approximate surface area is 254 Å². The van der Waals surface area contributed by atoms with Crippen LogP contribution in [-0.4, -0.2) is 108 Å². The van der Waals surface area contributed by atoms with Crippen LogP contribution in [0.3, 0.4) is 0 Å². The van der Waals surface area contributed by atoms with Crippen molar-refractivity contribution in [2.75, 3.05) is 46.7 Å². The Balaban J connectivity index is 1.32. The molecule has 0 radical (unpaired) electrons. The van der Waals surface area contributed by atoms with E-state index in [1.165, 1.54) is 34.7 Å². The lowest BCUT2D eigenvalue weighted by Crippen LogP contribution is -2.44. The largest absolute Gasteiger partial charge is 0.467 e. The molecule has 15 heteroatoms. The number of hydrogen-bond acceptors (Lipinski definition) is 12. The number of aromatic nitrogens is 3. The maximum atomic E-state index is 13.1. The van der Waals surface area contributed by atoms with Crippen LogP contribution in [-0.2, 0) is 35.1 Å². The first-order chi connectivity index (χ1) is 21.1. The maximum absolute atomic E-state index is 13.1. The minimum Gasteiger partial charge on any atom is -0.467 e. The van der Waals surface area contributed by atoms with E-state index in [0.717, 1.165) is 0 Å². The first kappa shape index (κ1) is 32.0. The van der Waals surface area contributed by atoms with Crippen LogP contribution in [0, 0.1) is 0 Å². The van der Waals surface area contributed by atoms with Crippen LogP contribution in [0.15, 0.2) is 42.9 Å². The molecule has 0 spiro atoms. The van der Waals surface area contributed by atoms with E-state index < -0.39 is 36.5 Å². The van der Waals surface area contributed by atoms with E-state index in [-0.39, 0.29) is 38.6 Å². The van der Waals surface area contributed by atoms with Crippen molar-refractivity contribution in [3.63, 3.8) is 0 Å². The summed E-state index contributed by atoms with van der Waals surface area (Å²) < 4.78 is 28.8. The van der Waals surface area contributed by atoms with Gasteiger partial charge in [0.05, 0.1) is 12.5 Å². The number of nitrogens with zero attached hydrogens (tertiary/aromatic N) is 5.